The van der Waals surface area contributed by atoms with E-state index in [2.05, 4.69) is 44.3 Å². The first-order valence-corrected chi connectivity index (χ1v) is 11.2. The lowest BCUT2D eigenvalue weighted by atomic mass is 9.69. The van der Waals surface area contributed by atoms with Crippen LogP contribution in [0.1, 0.15) is 67.5 Å². The zero-order chi connectivity index (χ0) is 19.9. The smallest absolute Gasteiger partial charge is 0.228 e. The number of nitrogens with zero attached hydrogens (tertiary/aromatic N) is 1. The van der Waals surface area contributed by atoms with Crippen molar-refractivity contribution in [3.8, 4) is 6.07 Å². The summed E-state index contributed by atoms with van der Waals surface area (Å²) in [5.74, 6) is 1.05. The van der Waals surface area contributed by atoms with Crippen LogP contribution in [0.25, 0.3) is 0 Å². The minimum atomic E-state index is 0.0276. The number of fused-ring (bicyclic) bond motifs is 1. The fraction of sp³-hybridized carbons (Fsp3) is 0.500. The maximum atomic E-state index is 12.8. The van der Waals surface area contributed by atoms with Gasteiger partial charge in [0.25, 0.3) is 0 Å². The van der Waals surface area contributed by atoms with E-state index in [0.717, 1.165) is 37.1 Å². The van der Waals surface area contributed by atoms with Gasteiger partial charge in [-0.05, 0) is 54.1 Å². The summed E-state index contributed by atoms with van der Waals surface area (Å²) in [4.78, 5) is 14.1. The quantitative estimate of drug-likeness (QED) is 0.688. The summed E-state index contributed by atoms with van der Waals surface area (Å²) in [6.07, 6.45) is 5.17. The number of benzene rings is 1. The number of nitrogens with one attached hydrogen (secondary N) is 1. The molecule has 3 atom stereocenters. The number of carbonyl (C=O) groups excluding carboxylic acids is 1. The van der Waals surface area contributed by atoms with Crippen LogP contribution in [0.5, 0.6) is 0 Å². The number of nitriles is 1. The Balaban J connectivity index is 1.49. The second kappa shape index (κ2) is 7.37. The molecule has 0 radical (unpaired) electrons. The fourth-order valence-electron chi connectivity index (χ4n) is 4.51. The van der Waals surface area contributed by atoms with Gasteiger partial charge in [0.1, 0.15) is 11.1 Å². The minimum Gasteiger partial charge on any atom is -0.316 e. The van der Waals surface area contributed by atoms with Crippen LogP contribution in [0.4, 0.5) is 5.00 Å². The predicted molar refractivity (Wildman–Crippen MR) is 115 cm³/mol. The third-order valence-electron chi connectivity index (χ3n) is 6.99. The van der Waals surface area contributed by atoms with Crippen molar-refractivity contribution in [1.82, 2.24) is 0 Å². The van der Waals surface area contributed by atoms with Crippen molar-refractivity contribution in [2.45, 2.75) is 58.8 Å². The van der Waals surface area contributed by atoms with Crippen LogP contribution in [-0.4, -0.2) is 5.91 Å². The first kappa shape index (κ1) is 19.2. The van der Waals surface area contributed by atoms with Crippen LogP contribution < -0.4 is 5.32 Å². The van der Waals surface area contributed by atoms with E-state index in [1.165, 1.54) is 16.0 Å². The van der Waals surface area contributed by atoms with Crippen molar-refractivity contribution in [2.24, 2.45) is 17.3 Å². The number of rotatable bonds is 5. The second-order valence-electron chi connectivity index (χ2n) is 8.95. The van der Waals surface area contributed by atoms with Gasteiger partial charge >= 0.3 is 0 Å². The normalized spacial score (nSPS) is 23.6. The van der Waals surface area contributed by atoms with Gasteiger partial charge in [-0.3, -0.25) is 4.79 Å². The van der Waals surface area contributed by atoms with Crippen LogP contribution >= 0.6 is 11.3 Å². The van der Waals surface area contributed by atoms with Crippen molar-refractivity contribution in [3.63, 3.8) is 0 Å². The van der Waals surface area contributed by atoms with E-state index in [-0.39, 0.29) is 11.8 Å². The van der Waals surface area contributed by atoms with Gasteiger partial charge in [0.2, 0.25) is 5.91 Å². The first-order valence-electron chi connectivity index (χ1n) is 10.3. The molecule has 1 heterocycles. The number of hydrogen-bond acceptors (Lipinski definition) is 3. The Labute approximate surface area is 171 Å². The molecule has 3 nitrogen and oxygen atoms in total. The molecule has 1 N–H and O–H groups in total. The van der Waals surface area contributed by atoms with Crippen LogP contribution in [0.2, 0.25) is 0 Å². The average Bonchev–Trinajstić information content (AvgIpc) is 3.44. The molecule has 3 unspecified atom stereocenters. The highest BCUT2D eigenvalue weighted by Crippen LogP contribution is 2.49. The molecule has 0 bridgehead atoms. The van der Waals surface area contributed by atoms with Crippen molar-refractivity contribution in [3.05, 3.63) is 51.9 Å². The Bertz CT molecular complexity index is 922. The molecule has 4 heteroatoms. The molecule has 2 aromatic rings. The molecule has 146 valence electrons. The van der Waals surface area contributed by atoms with E-state index in [9.17, 15) is 10.1 Å². The second-order valence-corrected chi connectivity index (χ2v) is 10.1. The molecule has 0 spiro atoms. The number of thiophene rings is 1. The monoisotopic (exact) mass is 392 g/mol. The summed E-state index contributed by atoms with van der Waals surface area (Å²) < 4.78 is 0. The summed E-state index contributed by atoms with van der Waals surface area (Å²) in [5, 5.41) is 13.6. The molecule has 0 saturated heterocycles. The van der Waals surface area contributed by atoms with E-state index < -0.39 is 0 Å². The standard InChI is InChI=1S/C24H28N2OS/c1-4-24(2,3)16-10-11-17-20(14-25)23(28-21(17)12-16)26-22(27)19-13-18(19)15-8-6-5-7-9-15/h5-9,16,18-19H,4,10-13H2,1-3H3,(H,26,27). The van der Waals surface area contributed by atoms with E-state index in [1.54, 1.807) is 11.3 Å². The van der Waals surface area contributed by atoms with Gasteiger partial charge in [-0.1, -0.05) is 57.5 Å². The highest BCUT2D eigenvalue weighted by atomic mass is 32.1. The number of anilines is 1. The summed E-state index contributed by atoms with van der Waals surface area (Å²) >= 11 is 1.63. The zero-order valence-corrected chi connectivity index (χ0v) is 17.7. The molecule has 1 amide bonds. The number of amides is 1. The van der Waals surface area contributed by atoms with Gasteiger partial charge in [-0.25, -0.2) is 0 Å². The highest BCUT2D eigenvalue weighted by Gasteiger charge is 2.44. The van der Waals surface area contributed by atoms with E-state index in [1.807, 2.05) is 18.2 Å². The van der Waals surface area contributed by atoms with Gasteiger partial charge in [0.05, 0.1) is 5.56 Å². The molecule has 4 rings (SSSR count). The zero-order valence-electron chi connectivity index (χ0n) is 16.9. The molecular weight excluding hydrogens is 364 g/mol. The number of carbonyl (C=O) groups is 1. The molecule has 28 heavy (non-hydrogen) atoms. The molecule has 2 aliphatic rings. The molecule has 1 fully saturated rings. The van der Waals surface area contributed by atoms with Crippen LogP contribution in [0.3, 0.4) is 0 Å². The maximum absolute atomic E-state index is 12.8. The third-order valence-corrected chi connectivity index (χ3v) is 8.15. The van der Waals surface area contributed by atoms with E-state index in [0.29, 0.717) is 22.8 Å². The Hall–Kier alpha value is -2.12. The Kier molecular flexibility index (Phi) is 5.05. The Morgan fingerprint density at radius 1 is 1.32 bits per heavy atom. The Morgan fingerprint density at radius 3 is 2.75 bits per heavy atom. The van der Waals surface area contributed by atoms with Crippen molar-refractivity contribution in [1.29, 1.82) is 5.26 Å². The number of hydrogen-bond donors (Lipinski definition) is 1. The van der Waals surface area contributed by atoms with Crippen LogP contribution in [0, 0.1) is 28.6 Å². The van der Waals surface area contributed by atoms with E-state index in [4.69, 9.17) is 0 Å². The van der Waals surface area contributed by atoms with Crippen molar-refractivity contribution >= 4 is 22.2 Å². The predicted octanol–water partition coefficient (Wildman–Crippen LogP) is 5.90. The van der Waals surface area contributed by atoms with Crippen molar-refractivity contribution in [2.75, 3.05) is 5.32 Å². The first-order chi connectivity index (χ1) is 13.4. The third kappa shape index (κ3) is 3.49. The van der Waals surface area contributed by atoms with Crippen molar-refractivity contribution < 1.29 is 4.79 Å². The summed E-state index contributed by atoms with van der Waals surface area (Å²) in [7, 11) is 0. The van der Waals surface area contributed by atoms with Gasteiger partial charge in [-0.2, -0.15) is 5.26 Å². The largest absolute Gasteiger partial charge is 0.316 e. The SMILES string of the molecule is CCC(C)(C)C1CCc2c(sc(NC(=O)C3CC3c3ccccc3)c2C#N)C1. The topological polar surface area (TPSA) is 52.9 Å². The van der Waals surface area contributed by atoms with Gasteiger partial charge in [-0.15, -0.1) is 11.3 Å². The minimum absolute atomic E-state index is 0.0276. The lowest BCUT2D eigenvalue weighted by Crippen LogP contribution is -2.28. The molecule has 2 aliphatic carbocycles. The molecule has 1 aromatic carbocycles. The molecule has 0 aliphatic heterocycles. The molecular formula is C24H28N2OS. The fourth-order valence-corrected chi connectivity index (χ4v) is 5.79. The van der Waals surface area contributed by atoms with Gasteiger partial charge < -0.3 is 5.32 Å². The van der Waals surface area contributed by atoms with Gasteiger partial charge in [0.15, 0.2) is 0 Å². The summed E-state index contributed by atoms with van der Waals surface area (Å²) in [5.41, 5.74) is 3.44. The van der Waals surface area contributed by atoms with E-state index >= 15 is 0 Å². The van der Waals surface area contributed by atoms with Crippen LogP contribution in [-0.2, 0) is 17.6 Å². The Morgan fingerprint density at radius 2 is 2.07 bits per heavy atom. The molecule has 1 aromatic heterocycles. The lowest BCUT2D eigenvalue weighted by Gasteiger charge is -2.36. The summed E-state index contributed by atoms with van der Waals surface area (Å²) in [6, 6.07) is 12.6. The summed E-state index contributed by atoms with van der Waals surface area (Å²) in [6.45, 7) is 6.96. The highest BCUT2D eigenvalue weighted by molar-refractivity contribution is 7.16. The maximum Gasteiger partial charge on any atom is 0.228 e. The average molecular weight is 393 g/mol. The lowest BCUT2D eigenvalue weighted by molar-refractivity contribution is -0.117. The van der Waals surface area contributed by atoms with Crippen LogP contribution in [0.15, 0.2) is 30.3 Å². The van der Waals surface area contributed by atoms with Gasteiger partial charge in [0, 0.05) is 10.8 Å². The molecule has 1 saturated carbocycles.